The van der Waals surface area contributed by atoms with Crippen LogP contribution in [0.5, 0.6) is 0 Å². The molecule has 0 radical (unpaired) electrons. The summed E-state index contributed by atoms with van der Waals surface area (Å²) in [6, 6.07) is 0. The van der Waals surface area contributed by atoms with E-state index in [1.165, 1.54) is 13.8 Å². The first-order valence-electron chi connectivity index (χ1n) is 6.18. The molecule has 6 atom stereocenters. The van der Waals surface area contributed by atoms with Crippen LogP contribution in [0.3, 0.4) is 0 Å². The molecule has 0 spiro atoms. The minimum absolute atomic E-state index is 0.0912. The Morgan fingerprint density at radius 3 is 2.32 bits per heavy atom. The molecule has 0 aromatic heterocycles. The maximum Gasteiger partial charge on any atom is 0.303 e. The molecular formula is C12H15FO6. The Morgan fingerprint density at radius 1 is 1.21 bits per heavy atom. The Balaban J connectivity index is 1.94. The molecule has 0 aromatic rings. The number of carbonyl (C=O) groups is 2. The van der Waals surface area contributed by atoms with Gasteiger partial charge >= 0.3 is 11.9 Å². The molecule has 6 nitrogen and oxygen atoms in total. The number of aliphatic hydroxyl groups is 1. The number of alkyl halides is 1. The number of carbonyl (C=O) groups excluding carboxylic acids is 2. The number of halogens is 1. The summed E-state index contributed by atoms with van der Waals surface area (Å²) in [5.74, 6) is -1.24. The van der Waals surface area contributed by atoms with E-state index in [0.29, 0.717) is 6.42 Å². The van der Waals surface area contributed by atoms with Crippen LogP contribution in [0.4, 0.5) is 4.39 Å². The zero-order valence-electron chi connectivity index (χ0n) is 10.6. The molecule has 3 fully saturated rings. The average Bonchev–Trinajstić information content (AvgIpc) is 2.80. The summed E-state index contributed by atoms with van der Waals surface area (Å²) in [5.41, 5.74) is -2.49. The van der Waals surface area contributed by atoms with Crippen LogP contribution in [0, 0.1) is 5.92 Å². The monoisotopic (exact) mass is 274 g/mol. The molecule has 2 saturated carbocycles. The summed E-state index contributed by atoms with van der Waals surface area (Å²) in [5, 5.41) is 9.54. The SMILES string of the molecule is CC(=O)O[C@]12C[C@H]1C[C@@]1(OC(C)=O)[C@@H]2OC(O)[C@@H]1F. The number of hydrogen-bond acceptors (Lipinski definition) is 6. The molecular weight excluding hydrogens is 259 g/mol. The highest BCUT2D eigenvalue weighted by Gasteiger charge is 2.82. The third-order valence-electron chi connectivity index (χ3n) is 4.21. The fourth-order valence-corrected chi connectivity index (χ4v) is 3.60. The van der Waals surface area contributed by atoms with E-state index in [9.17, 15) is 19.1 Å². The summed E-state index contributed by atoms with van der Waals surface area (Å²) in [4.78, 5) is 22.4. The molecule has 0 bridgehead atoms. The highest BCUT2D eigenvalue weighted by Crippen LogP contribution is 2.67. The van der Waals surface area contributed by atoms with Crippen molar-refractivity contribution in [3.8, 4) is 0 Å². The molecule has 1 heterocycles. The number of rotatable bonds is 2. The van der Waals surface area contributed by atoms with E-state index in [0.717, 1.165) is 0 Å². The summed E-state index contributed by atoms with van der Waals surface area (Å²) < 4.78 is 29.8. The van der Waals surface area contributed by atoms with E-state index >= 15 is 0 Å². The fraction of sp³-hybridized carbons (Fsp3) is 0.833. The van der Waals surface area contributed by atoms with Gasteiger partial charge in [0, 0.05) is 19.8 Å². The molecule has 7 heteroatoms. The molecule has 19 heavy (non-hydrogen) atoms. The minimum Gasteiger partial charge on any atom is -0.456 e. The zero-order chi connectivity index (χ0) is 14.0. The van der Waals surface area contributed by atoms with Gasteiger partial charge in [-0.25, -0.2) is 4.39 Å². The average molecular weight is 274 g/mol. The second-order valence-corrected chi connectivity index (χ2v) is 5.51. The molecule has 3 rings (SSSR count). The number of ether oxygens (including phenoxy) is 3. The van der Waals surface area contributed by atoms with Crippen molar-refractivity contribution in [3.63, 3.8) is 0 Å². The Hall–Kier alpha value is -1.21. The fourth-order valence-electron chi connectivity index (χ4n) is 3.60. The molecule has 1 saturated heterocycles. The van der Waals surface area contributed by atoms with Crippen molar-refractivity contribution in [3.05, 3.63) is 0 Å². The van der Waals surface area contributed by atoms with Gasteiger partial charge in [-0.3, -0.25) is 9.59 Å². The Labute approximate surface area is 108 Å². The number of hydrogen-bond donors (Lipinski definition) is 1. The number of aliphatic hydroxyl groups excluding tert-OH is 1. The second kappa shape index (κ2) is 3.67. The van der Waals surface area contributed by atoms with Gasteiger partial charge < -0.3 is 19.3 Å². The van der Waals surface area contributed by atoms with Crippen molar-refractivity contribution < 1.29 is 33.3 Å². The van der Waals surface area contributed by atoms with Gasteiger partial charge in [-0.2, -0.15) is 0 Å². The van der Waals surface area contributed by atoms with Gasteiger partial charge in [0.15, 0.2) is 18.1 Å². The molecule has 0 aromatic carbocycles. The van der Waals surface area contributed by atoms with E-state index in [1.807, 2.05) is 0 Å². The molecule has 1 unspecified atom stereocenters. The van der Waals surface area contributed by atoms with E-state index < -0.39 is 41.7 Å². The first kappa shape index (κ1) is 12.8. The van der Waals surface area contributed by atoms with Crippen LogP contribution in [0.25, 0.3) is 0 Å². The summed E-state index contributed by atoms with van der Waals surface area (Å²) >= 11 is 0. The third kappa shape index (κ3) is 1.54. The standard InChI is InChI=1S/C12H15FO6/c1-5(14)18-11-3-7(11)4-12(19-6(2)15)8(13)9(16)17-10(11)12/h7-10,16H,3-4H2,1-2H3/t7-,8-,9?,10+,11+,12-/m0/s1. The summed E-state index contributed by atoms with van der Waals surface area (Å²) in [7, 11) is 0. The van der Waals surface area contributed by atoms with Gasteiger partial charge in [-0.15, -0.1) is 0 Å². The van der Waals surface area contributed by atoms with Crippen molar-refractivity contribution >= 4 is 11.9 Å². The van der Waals surface area contributed by atoms with Crippen LogP contribution in [0.2, 0.25) is 0 Å². The van der Waals surface area contributed by atoms with Crippen LogP contribution in [-0.4, -0.2) is 46.8 Å². The van der Waals surface area contributed by atoms with Crippen molar-refractivity contribution in [1.82, 2.24) is 0 Å². The van der Waals surface area contributed by atoms with Gasteiger partial charge in [-0.1, -0.05) is 0 Å². The minimum atomic E-state index is -1.83. The van der Waals surface area contributed by atoms with Gasteiger partial charge in [0.05, 0.1) is 0 Å². The van der Waals surface area contributed by atoms with Crippen molar-refractivity contribution in [2.75, 3.05) is 0 Å². The third-order valence-corrected chi connectivity index (χ3v) is 4.21. The lowest BCUT2D eigenvalue weighted by atomic mass is 9.90. The smallest absolute Gasteiger partial charge is 0.303 e. The molecule has 1 aliphatic heterocycles. The van der Waals surface area contributed by atoms with Crippen molar-refractivity contribution in [2.45, 2.75) is 56.5 Å². The van der Waals surface area contributed by atoms with E-state index in [4.69, 9.17) is 14.2 Å². The van der Waals surface area contributed by atoms with Crippen molar-refractivity contribution in [1.29, 1.82) is 0 Å². The van der Waals surface area contributed by atoms with Gasteiger partial charge in [0.2, 0.25) is 0 Å². The van der Waals surface area contributed by atoms with Crippen LogP contribution in [0.1, 0.15) is 26.7 Å². The second-order valence-electron chi connectivity index (χ2n) is 5.51. The Bertz CT molecular complexity index is 454. The highest BCUT2D eigenvalue weighted by atomic mass is 19.1. The maximum absolute atomic E-state index is 14.2. The van der Waals surface area contributed by atoms with Gasteiger partial charge in [0.25, 0.3) is 0 Å². The van der Waals surface area contributed by atoms with Gasteiger partial charge in [0.1, 0.15) is 11.7 Å². The normalized spacial score (nSPS) is 50.3. The molecule has 0 amide bonds. The van der Waals surface area contributed by atoms with Crippen LogP contribution < -0.4 is 0 Å². The van der Waals surface area contributed by atoms with E-state index in [1.54, 1.807) is 0 Å². The van der Waals surface area contributed by atoms with E-state index in [-0.39, 0.29) is 12.3 Å². The largest absolute Gasteiger partial charge is 0.456 e. The predicted molar refractivity (Wildman–Crippen MR) is 57.5 cm³/mol. The number of esters is 2. The lowest BCUT2D eigenvalue weighted by Crippen LogP contribution is -2.51. The van der Waals surface area contributed by atoms with Crippen LogP contribution >= 0.6 is 0 Å². The number of fused-ring (bicyclic) bond motifs is 3. The highest BCUT2D eigenvalue weighted by molar-refractivity contribution is 5.69. The summed E-state index contributed by atoms with van der Waals surface area (Å²) in [6.45, 7) is 2.43. The predicted octanol–water partition coefficient (Wildman–Crippen LogP) is 0.0691. The van der Waals surface area contributed by atoms with Crippen LogP contribution in [0.15, 0.2) is 0 Å². The quantitative estimate of drug-likeness (QED) is 0.717. The van der Waals surface area contributed by atoms with Crippen LogP contribution in [-0.2, 0) is 23.8 Å². The zero-order valence-corrected chi connectivity index (χ0v) is 10.6. The first-order valence-corrected chi connectivity index (χ1v) is 6.18. The maximum atomic E-state index is 14.2. The molecule has 106 valence electrons. The lowest BCUT2D eigenvalue weighted by molar-refractivity contribution is -0.184. The molecule has 1 N–H and O–H groups in total. The Kier molecular flexibility index (Phi) is 2.47. The first-order chi connectivity index (χ1) is 8.82. The lowest BCUT2D eigenvalue weighted by Gasteiger charge is -2.32. The Morgan fingerprint density at radius 2 is 1.74 bits per heavy atom. The molecule has 3 aliphatic rings. The molecule has 2 aliphatic carbocycles. The summed E-state index contributed by atoms with van der Waals surface area (Å²) in [6.07, 6.45) is -3.70. The van der Waals surface area contributed by atoms with E-state index in [2.05, 4.69) is 0 Å². The van der Waals surface area contributed by atoms with Crippen molar-refractivity contribution in [2.24, 2.45) is 5.92 Å². The van der Waals surface area contributed by atoms with Gasteiger partial charge in [-0.05, 0) is 12.8 Å². The topological polar surface area (TPSA) is 82.1 Å².